The number of halogens is 2. The molecule has 168 valence electrons. The Balaban J connectivity index is 1.56. The summed E-state index contributed by atoms with van der Waals surface area (Å²) >= 11 is 0. The average molecular weight is 446 g/mol. The normalized spacial score (nSPS) is 18.7. The number of hydrogen-bond acceptors (Lipinski definition) is 5. The standard InChI is InChI=1S/C21H20F2N4O5/c1-12(32-16-6-4-3-5-15(16)23)18(29)26-25-17(28)11-27-19(30)21(2,24-20(27)31)13-7-9-14(22)10-8-13/h3-10,12H,11H2,1-2H3,(H,24,31)(H,25,28)(H,26,29)/t12-,21+/m0/s1. The number of carbonyl (C=O) groups excluding carboxylic acids is 4. The molecule has 9 nitrogen and oxygen atoms in total. The van der Waals surface area contributed by atoms with Crippen molar-refractivity contribution in [2.24, 2.45) is 0 Å². The largest absolute Gasteiger partial charge is 0.478 e. The van der Waals surface area contributed by atoms with Crippen LogP contribution in [0.15, 0.2) is 48.5 Å². The summed E-state index contributed by atoms with van der Waals surface area (Å²) < 4.78 is 32.0. The Morgan fingerprint density at radius 3 is 2.41 bits per heavy atom. The number of nitrogens with one attached hydrogen (secondary N) is 3. The molecule has 1 fully saturated rings. The number of urea groups is 1. The quantitative estimate of drug-likeness (QED) is 0.458. The van der Waals surface area contributed by atoms with Gasteiger partial charge in [-0.15, -0.1) is 0 Å². The number of nitrogens with zero attached hydrogens (tertiary/aromatic N) is 1. The van der Waals surface area contributed by atoms with Gasteiger partial charge in [0.25, 0.3) is 17.7 Å². The number of rotatable bonds is 6. The van der Waals surface area contributed by atoms with E-state index >= 15 is 0 Å². The Morgan fingerprint density at radius 1 is 1.09 bits per heavy atom. The highest BCUT2D eigenvalue weighted by molar-refractivity contribution is 6.09. The minimum atomic E-state index is -1.48. The number of hydrazine groups is 1. The molecule has 0 spiro atoms. The van der Waals surface area contributed by atoms with Crippen LogP contribution in [0.5, 0.6) is 5.75 Å². The van der Waals surface area contributed by atoms with Crippen LogP contribution in [0.2, 0.25) is 0 Å². The van der Waals surface area contributed by atoms with E-state index in [2.05, 4.69) is 16.2 Å². The van der Waals surface area contributed by atoms with Crippen LogP contribution in [0, 0.1) is 11.6 Å². The molecule has 5 amide bonds. The summed E-state index contributed by atoms with van der Waals surface area (Å²) in [6.07, 6.45) is -1.15. The summed E-state index contributed by atoms with van der Waals surface area (Å²) in [5.74, 6) is -3.65. The van der Waals surface area contributed by atoms with Gasteiger partial charge in [-0.1, -0.05) is 24.3 Å². The van der Waals surface area contributed by atoms with Crippen LogP contribution in [0.4, 0.5) is 13.6 Å². The second-order valence-corrected chi connectivity index (χ2v) is 7.18. The van der Waals surface area contributed by atoms with Gasteiger partial charge in [0.15, 0.2) is 17.7 Å². The number of benzene rings is 2. The van der Waals surface area contributed by atoms with Gasteiger partial charge in [-0.3, -0.25) is 30.1 Å². The van der Waals surface area contributed by atoms with Gasteiger partial charge in [0.1, 0.15) is 17.9 Å². The van der Waals surface area contributed by atoms with E-state index in [1.165, 1.54) is 50.2 Å². The lowest BCUT2D eigenvalue weighted by Gasteiger charge is -2.22. The number of hydrogen-bond donors (Lipinski definition) is 3. The predicted molar refractivity (Wildman–Crippen MR) is 107 cm³/mol. The fourth-order valence-corrected chi connectivity index (χ4v) is 3.02. The second-order valence-electron chi connectivity index (χ2n) is 7.18. The molecule has 0 unspecified atom stereocenters. The van der Waals surface area contributed by atoms with E-state index in [1.807, 2.05) is 0 Å². The monoisotopic (exact) mass is 446 g/mol. The van der Waals surface area contributed by atoms with Crippen LogP contribution in [-0.2, 0) is 19.9 Å². The summed E-state index contributed by atoms with van der Waals surface area (Å²) in [6.45, 7) is 2.10. The molecule has 2 atom stereocenters. The van der Waals surface area contributed by atoms with E-state index in [0.29, 0.717) is 10.5 Å². The van der Waals surface area contributed by atoms with Gasteiger partial charge in [-0.25, -0.2) is 13.6 Å². The maximum Gasteiger partial charge on any atom is 0.325 e. The molecule has 11 heteroatoms. The number of para-hydroxylation sites is 1. The molecule has 3 rings (SSSR count). The van der Waals surface area contributed by atoms with Crippen molar-refractivity contribution >= 4 is 23.8 Å². The van der Waals surface area contributed by atoms with Crippen LogP contribution < -0.4 is 20.9 Å². The highest BCUT2D eigenvalue weighted by Gasteiger charge is 2.49. The topological polar surface area (TPSA) is 117 Å². The van der Waals surface area contributed by atoms with Crippen LogP contribution in [-0.4, -0.2) is 41.3 Å². The molecular formula is C21H20F2N4O5. The summed E-state index contributed by atoms with van der Waals surface area (Å²) in [5.41, 5.74) is 3.02. The van der Waals surface area contributed by atoms with Gasteiger partial charge in [-0.05, 0) is 43.7 Å². The van der Waals surface area contributed by atoms with Crippen molar-refractivity contribution < 1.29 is 32.7 Å². The molecule has 1 aliphatic heterocycles. The van der Waals surface area contributed by atoms with Crippen LogP contribution in [0.3, 0.4) is 0 Å². The first-order valence-corrected chi connectivity index (χ1v) is 9.52. The SMILES string of the molecule is C[C@H](Oc1ccccc1F)C(=O)NNC(=O)CN1C(=O)N[C@](C)(c2ccc(F)cc2)C1=O. The maximum absolute atomic E-state index is 13.6. The van der Waals surface area contributed by atoms with Crippen molar-refractivity contribution in [1.82, 2.24) is 21.1 Å². The molecule has 1 heterocycles. The molecule has 0 aromatic heterocycles. The first kappa shape index (κ1) is 22.7. The van der Waals surface area contributed by atoms with E-state index in [0.717, 1.165) is 12.1 Å². The third kappa shape index (κ3) is 4.66. The van der Waals surface area contributed by atoms with E-state index in [-0.39, 0.29) is 5.75 Å². The fraction of sp³-hybridized carbons (Fsp3) is 0.238. The van der Waals surface area contributed by atoms with Crippen molar-refractivity contribution in [3.63, 3.8) is 0 Å². The third-order valence-electron chi connectivity index (χ3n) is 4.83. The predicted octanol–water partition coefficient (Wildman–Crippen LogP) is 1.35. The zero-order chi connectivity index (χ0) is 23.5. The van der Waals surface area contributed by atoms with Gasteiger partial charge in [0.05, 0.1) is 0 Å². The average Bonchev–Trinajstić information content (AvgIpc) is 2.97. The highest BCUT2D eigenvalue weighted by atomic mass is 19.1. The molecule has 0 aliphatic carbocycles. The molecule has 32 heavy (non-hydrogen) atoms. The Labute approximate surface area is 181 Å². The van der Waals surface area contributed by atoms with E-state index in [4.69, 9.17) is 4.74 Å². The Bertz CT molecular complexity index is 1060. The van der Waals surface area contributed by atoms with Crippen molar-refractivity contribution in [3.05, 3.63) is 65.7 Å². The molecule has 3 N–H and O–H groups in total. The lowest BCUT2D eigenvalue weighted by Crippen LogP contribution is -2.51. The maximum atomic E-state index is 13.6. The van der Waals surface area contributed by atoms with Crippen molar-refractivity contribution in [2.45, 2.75) is 25.5 Å². The molecular weight excluding hydrogens is 426 g/mol. The van der Waals surface area contributed by atoms with Crippen molar-refractivity contribution in [3.8, 4) is 5.75 Å². The van der Waals surface area contributed by atoms with Gasteiger partial charge < -0.3 is 10.1 Å². The highest BCUT2D eigenvalue weighted by Crippen LogP contribution is 2.28. The Hall–Kier alpha value is -4.02. The number of amides is 5. The van der Waals surface area contributed by atoms with Gasteiger partial charge in [0, 0.05) is 0 Å². The number of imide groups is 1. The Kier molecular flexibility index (Phi) is 6.37. The number of ether oxygens (including phenoxy) is 1. The molecule has 1 saturated heterocycles. The molecule has 0 bridgehead atoms. The smallest absolute Gasteiger partial charge is 0.325 e. The van der Waals surface area contributed by atoms with Crippen molar-refractivity contribution in [2.75, 3.05) is 6.54 Å². The molecule has 0 radical (unpaired) electrons. The fourth-order valence-electron chi connectivity index (χ4n) is 3.02. The van der Waals surface area contributed by atoms with Gasteiger partial charge in [-0.2, -0.15) is 0 Å². The van der Waals surface area contributed by atoms with Gasteiger partial charge >= 0.3 is 6.03 Å². The molecule has 1 aliphatic rings. The second kappa shape index (κ2) is 9.00. The zero-order valence-electron chi connectivity index (χ0n) is 17.1. The first-order chi connectivity index (χ1) is 15.1. The van der Waals surface area contributed by atoms with Crippen LogP contribution in [0.25, 0.3) is 0 Å². The summed E-state index contributed by atoms with van der Waals surface area (Å²) in [5, 5.41) is 2.48. The molecule has 2 aromatic carbocycles. The lowest BCUT2D eigenvalue weighted by molar-refractivity contribution is -0.136. The van der Waals surface area contributed by atoms with Crippen LogP contribution >= 0.6 is 0 Å². The summed E-state index contributed by atoms with van der Waals surface area (Å²) in [7, 11) is 0. The van der Waals surface area contributed by atoms with Crippen molar-refractivity contribution in [1.29, 1.82) is 0 Å². The Morgan fingerprint density at radius 2 is 1.75 bits per heavy atom. The van der Waals surface area contributed by atoms with E-state index < -0.39 is 53.6 Å². The summed E-state index contributed by atoms with van der Waals surface area (Å²) in [6, 6.07) is 9.69. The minimum Gasteiger partial charge on any atom is -0.478 e. The summed E-state index contributed by atoms with van der Waals surface area (Å²) in [4.78, 5) is 49.9. The van der Waals surface area contributed by atoms with E-state index in [9.17, 15) is 28.0 Å². The zero-order valence-corrected chi connectivity index (χ0v) is 17.1. The molecule has 2 aromatic rings. The third-order valence-corrected chi connectivity index (χ3v) is 4.83. The lowest BCUT2D eigenvalue weighted by atomic mass is 9.92. The molecule has 0 saturated carbocycles. The van der Waals surface area contributed by atoms with E-state index in [1.54, 1.807) is 0 Å². The minimum absolute atomic E-state index is 0.138. The van der Waals surface area contributed by atoms with Gasteiger partial charge in [0.2, 0.25) is 0 Å². The first-order valence-electron chi connectivity index (χ1n) is 9.52. The van der Waals surface area contributed by atoms with Crippen LogP contribution in [0.1, 0.15) is 19.4 Å². The number of carbonyl (C=O) groups is 4.